The van der Waals surface area contributed by atoms with E-state index in [1.165, 1.54) is 0 Å². The Kier molecular flexibility index (Phi) is 5.99. The Bertz CT molecular complexity index is 742. The second kappa shape index (κ2) is 7.79. The lowest BCUT2D eigenvalue weighted by molar-refractivity contribution is 0.299. The third-order valence-electron chi connectivity index (χ3n) is 3.94. The molecule has 0 aliphatic heterocycles. The third kappa shape index (κ3) is 4.56. The minimum Gasteiger partial charge on any atom is -0.378 e. The fourth-order valence-corrected chi connectivity index (χ4v) is 3.52. The van der Waals surface area contributed by atoms with Gasteiger partial charge in [0.2, 0.25) is 10.0 Å². The summed E-state index contributed by atoms with van der Waals surface area (Å²) in [7, 11) is 4.37. The molecule has 0 aliphatic carbocycles. The van der Waals surface area contributed by atoms with E-state index < -0.39 is 10.0 Å². The van der Waals surface area contributed by atoms with Gasteiger partial charge in [-0.05, 0) is 43.9 Å². The molecule has 0 fully saturated rings. The molecule has 0 saturated heterocycles. The maximum absolute atomic E-state index is 12.4. The number of sulfonamides is 1. The Morgan fingerprint density at radius 1 is 0.917 bits per heavy atom. The Morgan fingerprint density at radius 2 is 1.50 bits per heavy atom. The fraction of sp³-hybridized carbons (Fsp3) is 0.333. The number of nitrogens with zero attached hydrogens (tertiary/aromatic N) is 2. The molecular formula is C18H25N3O2S. The number of benzene rings is 2. The average molecular weight is 347 g/mol. The molecule has 5 nitrogen and oxygen atoms in total. The lowest BCUT2D eigenvalue weighted by Crippen LogP contribution is -2.34. The molecule has 1 N–H and O–H groups in total. The lowest BCUT2D eigenvalue weighted by Gasteiger charge is -2.25. The van der Waals surface area contributed by atoms with Crippen LogP contribution in [-0.4, -0.2) is 48.1 Å². The molecule has 0 radical (unpaired) electrons. The van der Waals surface area contributed by atoms with Crippen molar-refractivity contribution in [1.29, 1.82) is 0 Å². The van der Waals surface area contributed by atoms with Crippen molar-refractivity contribution >= 4 is 15.7 Å². The van der Waals surface area contributed by atoms with E-state index >= 15 is 0 Å². The zero-order valence-corrected chi connectivity index (χ0v) is 15.4. The first kappa shape index (κ1) is 18.4. The summed E-state index contributed by atoms with van der Waals surface area (Å²) in [6.07, 6.45) is 0. The van der Waals surface area contributed by atoms with Crippen molar-refractivity contribution in [1.82, 2.24) is 9.62 Å². The first-order chi connectivity index (χ1) is 11.3. The van der Waals surface area contributed by atoms with Gasteiger partial charge in [-0.15, -0.1) is 0 Å². The van der Waals surface area contributed by atoms with E-state index in [9.17, 15) is 8.42 Å². The number of hydrogen-bond acceptors (Lipinski definition) is 4. The summed E-state index contributed by atoms with van der Waals surface area (Å²) in [6.45, 7) is 0.311. The highest BCUT2D eigenvalue weighted by Gasteiger charge is 2.19. The van der Waals surface area contributed by atoms with Crippen LogP contribution >= 0.6 is 0 Å². The fourth-order valence-electron chi connectivity index (χ4n) is 2.46. The van der Waals surface area contributed by atoms with Crippen molar-refractivity contribution in [3.05, 3.63) is 60.2 Å². The molecule has 130 valence electrons. The van der Waals surface area contributed by atoms with Gasteiger partial charge in [0.1, 0.15) is 0 Å². The van der Waals surface area contributed by atoms with Crippen LogP contribution < -0.4 is 9.62 Å². The molecule has 0 spiro atoms. The number of anilines is 1. The van der Waals surface area contributed by atoms with Crippen LogP contribution in [0.4, 0.5) is 5.69 Å². The molecule has 1 atom stereocenters. The van der Waals surface area contributed by atoms with Crippen molar-refractivity contribution in [3.63, 3.8) is 0 Å². The minimum absolute atomic E-state index is 0.0419. The molecule has 2 aromatic carbocycles. The molecular weight excluding hydrogens is 322 g/mol. The SMILES string of the molecule is CN(C)c1ccc([C@@H](CNS(=O)(=O)c2ccccc2)N(C)C)cc1. The molecule has 0 unspecified atom stereocenters. The Balaban J connectivity index is 2.15. The molecule has 0 bridgehead atoms. The van der Waals surface area contributed by atoms with Gasteiger partial charge in [-0.25, -0.2) is 13.1 Å². The number of likely N-dealkylation sites (N-methyl/N-ethyl adjacent to an activating group) is 1. The van der Waals surface area contributed by atoms with E-state index in [1.807, 2.05) is 62.3 Å². The van der Waals surface area contributed by atoms with E-state index in [1.54, 1.807) is 30.3 Å². The van der Waals surface area contributed by atoms with Gasteiger partial charge in [0.25, 0.3) is 0 Å². The molecule has 2 aromatic rings. The van der Waals surface area contributed by atoms with E-state index in [-0.39, 0.29) is 10.9 Å². The van der Waals surface area contributed by atoms with Crippen molar-refractivity contribution in [2.75, 3.05) is 39.6 Å². The highest BCUT2D eigenvalue weighted by Crippen LogP contribution is 2.21. The van der Waals surface area contributed by atoms with Crippen LogP contribution in [0.3, 0.4) is 0 Å². The van der Waals surface area contributed by atoms with Gasteiger partial charge < -0.3 is 9.80 Å². The van der Waals surface area contributed by atoms with Gasteiger partial charge in [0.05, 0.1) is 4.90 Å². The van der Waals surface area contributed by atoms with Gasteiger partial charge in [0, 0.05) is 32.4 Å². The topological polar surface area (TPSA) is 52.7 Å². The number of nitrogens with one attached hydrogen (secondary N) is 1. The monoisotopic (exact) mass is 347 g/mol. The van der Waals surface area contributed by atoms with Crippen LogP contribution in [-0.2, 0) is 10.0 Å². The normalized spacial score (nSPS) is 13.0. The summed E-state index contributed by atoms with van der Waals surface area (Å²) in [5.41, 5.74) is 2.18. The van der Waals surface area contributed by atoms with Gasteiger partial charge in [-0.2, -0.15) is 0 Å². The Labute approximate surface area is 145 Å². The lowest BCUT2D eigenvalue weighted by atomic mass is 10.1. The van der Waals surface area contributed by atoms with Crippen LogP contribution in [0.1, 0.15) is 11.6 Å². The largest absolute Gasteiger partial charge is 0.378 e. The predicted molar refractivity (Wildman–Crippen MR) is 98.8 cm³/mol. The molecule has 6 heteroatoms. The molecule has 0 aliphatic rings. The van der Waals surface area contributed by atoms with Crippen LogP contribution in [0.5, 0.6) is 0 Å². The van der Waals surface area contributed by atoms with E-state index in [0.717, 1.165) is 11.3 Å². The Morgan fingerprint density at radius 3 is 2.00 bits per heavy atom. The summed E-state index contributed by atoms with van der Waals surface area (Å²) in [5, 5.41) is 0. The van der Waals surface area contributed by atoms with E-state index in [2.05, 4.69) is 4.72 Å². The average Bonchev–Trinajstić information content (AvgIpc) is 2.56. The molecule has 0 aromatic heterocycles. The summed E-state index contributed by atoms with van der Waals surface area (Å²) >= 11 is 0. The quantitative estimate of drug-likeness (QED) is 0.835. The highest BCUT2D eigenvalue weighted by molar-refractivity contribution is 7.89. The molecule has 24 heavy (non-hydrogen) atoms. The molecule has 0 amide bonds. The van der Waals surface area contributed by atoms with Crippen molar-refractivity contribution in [3.8, 4) is 0 Å². The van der Waals surface area contributed by atoms with Crippen LogP contribution in [0.2, 0.25) is 0 Å². The first-order valence-corrected chi connectivity index (χ1v) is 9.28. The molecule has 0 heterocycles. The third-order valence-corrected chi connectivity index (χ3v) is 5.38. The highest BCUT2D eigenvalue weighted by atomic mass is 32.2. The summed E-state index contributed by atoms with van der Waals surface area (Å²) in [4.78, 5) is 4.33. The van der Waals surface area contributed by atoms with Crippen LogP contribution in [0.25, 0.3) is 0 Å². The Hall–Kier alpha value is -1.89. The van der Waals surface area contributed by atoms with Crippen LogP contribution in [0, 0.1) is 0 Å². The summed E-state index contributed by atoms with van der Waals surface area (Å²) < 4.78 is 27.5. The van der Waals surface area contributed by atoms with Crippen molar-refractivity contribution in [2.24, 2.45) is 0 Å². The number of hydrogen-bond donors (Lipinski definition) is 1. The van der Waals surface area contributed by atoms with Crippen molar-refractivity contribution in [2.45, 2.75) is 10.9 Å². The van der Waals surface area contributed by atoms with Gasteiger partial charge in [-0.3, -0.25) is 0 Å². The maximum atomic E-state index is 12.4. The first-order valence-electron chi connectivity index (χ1n) is 7.79. The smallest absolute Gasteiger partial charge is 0.240 e. The maximum Gasteiger partial charge on any atom is 0.240 e. The predicted octanol–water partition coefficient (Wildman–Crippen LogP) is 2.33. The minimum atomic E-state index is -3.50. The van der Waals surface area contributed by atoms with Gasteiger partial charge in [0.15, 0.2) is 0 Å². The molecule has 2 rings (SSSR count). The molecule has 0 saturated carbocycles. The summed E-state index contributed by atoms with van der Waals surface area (Å²) in [6, 6.07) is 16.5. The van der Waals surface area contributed by atoms with Gasteiger partial charge in [-0.1, -0.05) is 30.3 Å². The van der Waals surface area contributed by atoms with Crippen LogP contribution in [0.15, 0.2) is 59.5 Å². The second-order valence-electron chi connectivity index (χ2n) is 6.13. The zero-order valence-electron chi connectivity index (χ0n) is 14.6. The standard InChI is InChI=1S/C18H25N3O2S/c1-20(2)16-12-10-15(11-13-16)18(21(3)4)14-19-24(22,23)17-8-6-5-7-9-17/h5-13,18-19H,14H2,1-4H3/t18-/m1/s1. The van der Waals surface area contributed by atoms with Gasteiger partial charge >= 0.3 is 0 Å². The number of rotatable bonds is 7. The summed E-state index contributed by atoms with van der Waals surface area (Å²) in [5.74, 6) is 0. The van der Waals surface area contributed by atoms with Crippen molar-refractivity contribution < 1.29 is 8.42 Å². The second-order valence-corrected chi connectivity index (χ2v) is 7.90. The van der Waals surface area contributed by atoms with E-state index in [0.29, 0.717) is 6.54 Å². The van der Waals surface area contributed by atoms with E-state index in [4.69, 9.17) is 0 Å². The zero-order chi connectivity index (χ0) is 17.7.